The van der Waals surface area contributed by atoms with Crippen LogP contribution >= 0.6 is 23.2 Å². The van der Waals surface area contributed by atoms with E-state index in [1.54, 1.807) is 12.4 Å². The molecule has 3 heterocycles. The van der Waals surface area contributed by atoms with E-state index < -0.39 is 0 Å². The van der Waals surface area contributed by atoms with Gasteiger partial charge in [0, 0.05) is 49.2 Å². The Morgan fingerprint density at radius 1 is 0.968 bits per heavy atom. The number of pyridine rings is 1. The maximum Gasteiger partial charge on any atom is 0.256 e. The Hall–Kier alpha value is -2.89. The van der Waals surface area contributed by atoms with E-state index in [2.05, 4.69) is 16.2 Å². The van der Waals surface area contributed by atoms with Gasteiger partial charge in [0.15, 0.2) is 0 Å². The second-order valence-electron chi connectivity index (χ2n) is 7.90. The van der Waals surface area contributed by atoms with Crippen molar-refractivity contribution in [2.24, 2.45) is 5.10 Å². The van der Waals surface area contributed by atoms with Crippen molar-refractivity contribution < 1.29 is 4.79 Å². The third kappa shape index (κ3) is 4.16. The molecule has 5 nitrogen and oxygen atoms in total. The molecule has 1 aromatic heterocycles. The lowest BCUT2D eigenvalue weighted by atomic mass is 9.96. The normalized spacial score (nSPS) is 17.5. The molecule has 31 heavy (non-hydrogen) atoms. The zero-order chi connectivity index (χ0) is 21.4. The summed E-state index contributed by atoms with van der Waals surface area (Å²) in [6.07, 6.45) is 5.54. The van der Waals surface area contributed by atoms with Gasteiger partial charge < -0.3 is 4.90 Å². The predicted octanol–water partition coefficient (Wildman–Crippen LogP) is 5.13. The fourth-order valence-electron chi connectivity index (χ4n) is 4.13. The number of carbonyl (C=O) groups excluding carboxylic acids is 1. The molecule has 1 unspecified atom stereocenters. The number of hydrogen-bond acceptors (Lipinski definition) is 4. The minimum absolute atomic E-state index is 0.0269. The first-order valence-corrected chi connectivity index (χ1v) is 10.9. The van der Waals surface area contributed by atoms with Gasteiger partial charge in [-0.25, -0.2) is 0 Å². The SMILES string of the molecule is O=C1c2c(Cl)cc(C3C=NN(Cc4ccncc4)C3)cc2CN1Cc1ccc(Cl)cc1. The highest BCUT2D eigenvalue weighted by Crippen LogP contribution is 2.34. The Kier molecular flexibility index (Phi) is 5.38. The van der Waals surface area contributed by atoms with Crippen LogP contribution in [-0.4, -0.2) is 33.6 Å². The molecule has 5 rings (SSSR count). The highest BCUT2D eigenvalue weighted by Gasteiger charge is 2.31. The number of hydrazone groups is 1. The van der Waals surface area contributed by atoms with Crippen LogP contribution in [0.5, 0.6) is 0 Å². The number of carbonyl (C=O) groups is 1. The second kappa shape index (κ2) is 8.33. The van der Waals surface area contributed by atoms with E-state index in [0.717, 1.165) is 29.8 Å². The number of amides is 1. The molecule has 7 heteroatoms. The molecule has 0 saturated heterocycles. The van der Waals surface area contributed by atoms with Gasteiger partial charge in [0.2, 0.25) is 0 Å². The summed E-state index contributed by atoms with van der Waals surface area (Å²) in [5, 5.41) is 7.80. The van der Waals surface area contributed by atoms with Crippen molar-refractivity contribution in [1.82, 2.24) is 14.9 Å². The Balaban J connectivity index is 1.31. The lowest BCUT2D eigenvalue weighted by molar-refractivity contribution is 0.0767. The second-order valence-corrected chi connectivity index (χ2v) is 8.74. The van der Waals surface area contributed by atoms with Crippen molar-refractivity contribution in [3.8, 4) is 0 Å². The van der Waals surface area contributed by atoms with Crippen LogP contribution in [0.3, 0.4) is 0 Å². The Morgan fingerprint density at radius 3 is 2.48 bits per heavy atom. The summed E-state index contributed by atoms with van der Waals surface area (Å²) in [7, 11) is 0. The molecule has 1 amide bonds. The average Bonchev–Trinajstić information content (AvgIpc) is 3.35. The Labute approximate surface area is 190 Å². The van der Waals surface area contributed by atoms with Crippen molar-refractivity contribution in [3.63, 3.8) is 0 Å². The van der Waals surface area contributed by atoms with Gasteiger partial charge in [0.1, 0.15) is 0 Å². The standard InChI is InChI=1S/C24H20Cl2N4O/c25-21-3-1-16(2-4-21)12-29-14-19-9-18(10-22(26)23(19)24(29)31)20-11-28-30(15-20)13-17-5-7-27-8-6-17/h1-11,20H,12-15H2. The van der Waals surface area contributed by atoms with Gasteiger partial charge in [-0.1, -0.05) is 41.4 Å². The van der Waals surface area contributed by atoms with E-state index >= 15 is 0 Å². The van der Waals surface area contributed by atoms with E-state index in [4.69, 9.17) is 23.2 Å². The van der Waals surface area contributed by atoms with Crippen LogP contribution < -0.4 is 0 Å². The first-order chi connectivity index (χ1) is 15.1. The number of aromatic nitrogens is 1. The van der Waals surface area contributed by atoms with Gasteiger partial charge in [0.25, 0.3) is 5.91 Å². The number of halogens is 2. The van der Waals surface area contributed by atoms with Gasteiger partial charge in [-0.15, -0.1) is 0 Å². The van der Waals surface area contributed by atoms with Crippen LogP contribution in [0.2, 0.25) is 10.0 Å². The molecule has 0 fully saturated rings. The van der Waals surface area contributed by atoms with E-state index in [1.807, 2.05) is 58.6 Å². The van der Waals surface area contributed by atoms with Gasteiger partial charge in [-0.05, 0) is 52.6 Å². The molecular formula is C24H20Cl2N4O. The van der Waals surface area contributed by atoms with Crippen LogP contribution in [0.1, 0.15) is 38.5 Å². The van der Waals surface area contributed by atoms with Crippen molar-refractivity contribution in [1.29, 1.82) is 0 Å². The van der Waals surface area contributed by atoms with Gasteiger partial charge in [0.05, 0.1) is 17.1 Å². The van der Waals surface area contributed by atoms with Gasteiger partial charge in [-0.3, -0.25) is 14.8 Å². The largest absolute Gasteiger partial charge is 0.330 e. The lowest BCUT2D eigenvalue weighted by Gasteiger charge is -2.17. The van der Waals surface area contributed by atoms with Gasteiger partial charge in [-0.2, -0.15) is 5.10 Å². The molecule has 0 aliphatic carbocycles. The molecule has 2 aliphatic heterocycles. The van der Waals surface area contributed by atoms with Gasteiger partial charge >= 0.3 is 0 Å². The number of benzene rings is 2. The first-order valence-electron chi connectivity index (χ1n) is 10.1. The molecule has 0 saturated carbocycles. The Bertz CT molecular complexity index is 1150. The summed E-state index contributed by atoms with van der Waals surface area (Å²) in [5.74, 6) is 0.117. The topological polar surface area (TPSA) is 48.8 Å². The molecule has 156 valence electrons. The van der Waals surface area contributed by atoms with Crippen molar-refractivity contribution in [3.05, 3.63) is 98.8 Å². The lowest BCUT2D eigenvalue weighted by Crippen LogP contribution is -2.23. The monoisotopic (exact) mass is 450 g/mol. The maximum atomic E-state index is 13.0. The van der Waals surface area contributed by atoms with E-state index in [1.165, 1.54) is 5.56 Å². The zero-order valence-electron chi connectivity index (χ0n) is 16.7. The first kappa shape index (κ1) is 20.0. The van der Waals surface area contributed by atoms with Crippen LogP contribution in [0.4, 0.5) is 0 Å². The summed E-state index contributed by atoms with van der Waals surface area (Å²) in [6.45, 7) is 2.59. The molecule has 2 aliphatic rings. The fourth-order valence-corrected chi connectivity index (χ4v) is 4.58. The maximum absolute atomic E-state index is 13.0. The molecule has 1 atom stereocenters. The van der Waals surface area contributed by atoms with Crippen LogP contribution in [0, 0.1) is 0 Å². The van der Waals surface area contributed by atoms with Crippen molar-refractivity contribution in [2.75, 3.05) is 6.54 Å². The fraction of sp³-hybridized carbons (Fsp3) is 0.208. The molecule has 0 spiro atoms. The van der Waals surface area contributed by atoms with E-state index in [9.17, 15) is 4.79 Å². The molecule has 3 aromatic rings. The summed E-state index contributed by atoms with van der Waals surface area (Å²) < 4.78 is 0. The molecule has 0 bridgehead atoms. The summed E-state index contributed by atoms with van der Waals surface area (Å²) in [6, 6.07) is 15.6. The third-order valence-electron chi connectivity index (χ3n) is 5.70. The van der Waals surface area contributed by atoms with Crippen molar-refractivity contribution in [2.45, 2.75) is 25.6 Å². The quantitative estimate of drug-likeness (QED) is 0.541. The predicted molar refractivity (Wildman–Crippen MR) is 122 cm³/mol. The highest BCUT2D eigenvalue weighted by atomic mass is 35.5. The van der Waals surface area contributed by atoms with E-state index in [-0.39, 0.29) is 11.8 Å². The summed E-state index contributed by atoms with van der Waals surface area (Å²) in [5.41, 5.74) is 4.89. The highest BCUT2D eigenvalue weighted by molar-refractivity contribution is 6.34. The number of nitrogens with zero attached hydrogens (tertiary/aromatic N) is 4. The van der Waals surface area contributed by atoms with Crippen LogP contribution in [0.15, 0.2) is 66.0 Å². The Morgan fingerprint density at radius 2 is 1.71 bits per heavy atom. The minimum atomic E-state index is -0.0269. The van der Waals surface area contributed by atoms with E-state index in [0.29, 0.717) is 28.7 Å². The molecule has 0 N–H and O–H groups in total. The summed E-state index contributed by atoms with van der Waals surface area (Å²) in [4.78, 5) is 18.8. The number of hydrogen-bond donors (Lipinski definition) is 0. The average molecular weight is 451 g/mol. The van der Waals surface area contributed by atoms with Crippen molar-refractivity contribution >= 4 is 35.3 Å². The van der Waals surface area contributed by atoms with Crippen LogP contribution in [0.25, 0.3) is 0 Å². The zero-order valence-corrected chi connectivity index (χ0v) is 18.2. The minimum Gasteiger partial charge on any atom is -0.330 e. The third-order valence-corrected chi connectivity index (χ3v) is 6.25. The smallest absolute Gasteiger partial charge is 0.256 e. The number of rotatable bonds is 5. The number of fused-ring (bicyclic) bond motifs is 1. The molecular weight excluding hydrogens is 431 g/mol. The molecule has 2 aromatic carbocycles. The summed E-state index contributed by atoms with van der Waals surface area (Å²) >= 11 is 12.5. The molecule has 0 radical (unpaired) electrons. The van der Waals surface area contributed by atoms with Crippen LogP contribution in [-0.2, 0) is 19.6 Å².